The van der Waals surface area contributed by atoms with Gasteiger partial charge in [-0.25, -0.2) is 4.79 Å². The van der Waals surface area contributed by atoms with Crippen LogP contribution in [0.25, 0.3) is 10.8 Å². The molecule has 0 aromatic heterocycles. The largest absolute Gasteiger partial charge is 0.459 e. The standard InChI is InChI=1S/C23H28INO5/c1-14(24)20(26)30-19-11-10-18(16-8-6-7-9-17(16)19)21(27)29-15-12-22(2,3)25(28)23(4,5)13-15/h6-11,14-15,28H,12-13H2,1-5H3. The molecule has 30 heavy (non-hydrogen) atoms. The Morgan fingerprint density at radius 1 is 1.07 bits per heavy atom. The predicted octanol–water partition coefficient (Wildman–Crippen LogP) is 5.14. The highest BCUT2D eigenvalue weighted by atomic mass is 127. The van der Waals surface area contributed by atoms with Gasteiger partial charge >= 0.3 is 11.9 Å². The lowest BCUT2D eigenvalue weighted by Crippen LogP contribution is -2.60. The van der Waals surface area contributed by atoms with Gasteiger partial charge in [-0.2, -0.15) is 5.06 Å². The number of rotatable bonds is 4. The summed E-state index contributed by atoms with van der Waals surface area (Å²) < 4.78 is 11.1. The lowest BCUT2D eigenvalue weighted by atomic mass is 9.80. The highest BCUT2D eigenvalue weighted by Crippen LogP contribution is 2.38. The summed E-state index contributed by atoms with van der Waals surface area (Å²) in [4.78, 5) is 25.1. The smallest absolute Gasteiger partial charge is 0.339 e. The van der Waals surface area contributed by atoms with Crippen molar-refractivity contribution in [3.63, 3.8) is 0 Å². The third-order valence-corrected chi connectivity index (χ3v) is 6.02. The first kappa shape index (κ1) is 23.0. The average Bonchev–Trinajstić information content (AvgIpc) is 2.65. The van der Waals surface area contributed by atoms with Crippen molar-refractivity contribution < 1.29 is 24.3 Å². The molecule has 1 heterocycles. The lowest BCUT2D eigenvalue weighted by molar-refractivity contribution is -0.256. The zero-order valence-electron chi connectivity index (χ0n) is 17.9. The number of alkyl halides is 1. The Balaban J connectivity index is 1.88. The van der Waals surface area contributed by atoms with Crippen molar-refractivity contribution in [3.8, 4) is 5.75 Å². The van der Waals surface area contributed by atoms with Gasteiger partial charge in [0.2, 0.25) is 0 Å². The zero-order chi connectivity index (χ0) is 22.3. The average molecular weight is 525 g/mol. The number of halogens is 1. The van der Waals surface area contributed by atoms with E-state index < -0.39 is 17.0 Å². The number of hydrogen-bond acceptors (Lipinski definition) is 6. The fraction of sp³-hybridized carbons (Fsp3) is 0.478. The molecule has 0 aliphatic carbocycles. The van der Waals surface area contributed by atoms with Crippen molar-refractivity contribution in [2.24, 2.45) is 0 Å². The molecule has 0 spiro atoms. The number of piperidine rings is 1. The Labute approximate surface area is 190 Å². The van der Waals surface area contributed by atoms with E-state index in [9.17, 15) is 14.8 Å². The zero-order valence-corrected chi connectivity index (χ0v) is 20.1. The molecule has 1 atom stereocenters. The van der Waals surface area contributed by atoms with Gasteiger partial charge in [-0.15, -0.1) is 0 Å². The molecular weight excluding hydrogens is 497 g/mol. The van der Waals surface area contributed by atoms with Gasteiger partial charge in [0.1, 0.15) is 15.8 Å². The van der Waals surface area contributed by atoms with Crippen molar-refractivity contribution in [2.45, 2.75) is 68.6 Å². The van der Waals surface area contributed by atoms with Crippen LogP contribution in [0.4, 0.5) is 0 Å². The van der Waals surface area contributed by atoms with Gasteiger partial charge in [-0.3, -0.25) is 4.79 Å². The molecule has 2 aromatic rings. The number of carbonyl (C=O) groups excluding carboxylic acids is 2. The van der Waals surface area contributed by atoms with Crippen LogP contribution in [0.5, 0.6) is 5.75 Å². The van der Waals surface area contributed by atoms with Gasteiger partial charge in [0, 0.05) is 29.3 Å². The Bertz CT molecular complexity index is 951. The molecule has 1 fully saturated rings. The minimum absolute atomic E-state index is 0.282. The summed E-state index contributed by atoms with van der Waals surface area (Å²) in [6, 6.07) is 10.6. The van der Waals surface area contributed by atoms with E-state index in [1.54, 1.807) is 19.1 Å². The first-order valence-electron chi connectivity index (χ1n) is 10.00. The molecule has 6 nitrogen and oxygen atoms in total. The first-order valence-corrected chi connectivity index (χ1v) is 11.2. The SMILES string of the molecule is CC(I)C(=O)Oc1ccc(C(=O)OC2CC(C)(C)N(O)C(C)(C)C2)c2ccccc12. The monoisotopic (exact) mass is 525 g/mol. The van der Waals surface area contributed by atoms with Crippen LogP contribution in [0, 0.1) is 0 Å². The summed E-state index contributed by atoms with van der Waals surface area (Å²) in [5, 5.41) is 13.2. The van der Waals surface area contributed by atoms with E-state index in [1.165, 1.54) is 5.06 Å². The highest BCUT2D eigenvalue weighted by Gasteiger charge is 2.46. The number of carbonyl (C=O) groups is 2. The minimum Gasteiger partial charge on any atom is -0.459 e. The summed E-state index contributed by atoms with van der Waals surface area (Å²) >= 11 is 2.00. The van der Waals surface area contributed by atoms with E-state index in [4.69, 9.17) is 9.47 Å². The van der Waals surface area contributed by atoms with Crippen LogP contribution in [0.15, 0.2) is 36.4 Å². The Morgan fingerprint density at radius 2 is 1.63 bits per heavy atom. The second kappa shape index (κ2) is 8.43. The molecule has 0 bridgehead atoms. The van der Waals surface area contributed by atoms with Crippen LogP contribution < -0.4 is 4.74 Å². The molecule has 1 aliphatic heterocycles. The summed E-state index contributed by atoms with van der Waals surface area (Å²) in [6.07, 6.45) is 0.738. The minimum atomic E-state index is -0.511. The number of hydrogen-bond donors (Lipinski definition) is 1. The molecule has 0 amide bonds. The van der Waals surface area contributed by atoms with Crippen LogP contribution in [0.1, 0.15) is 57.8 Å². The third kappa shape index (κ3) is 4.63. The number of nitrogens with zero attached hydrogens (tertiary/aromatic N) is 1. The fourth-order valence-electron chi connectivity index (χ4n) is 4.20. The molecule has 1 saturated heterocycles. The van der Waals surface area contributed by atoms with Gasteiger partial charge in [0.05, 0.1) is 5.56 Å². The van der Waals surface area contributed by atoms with Crippen molar-refractivity contribution in [2.75, 3.05) is 0 Å². The van der Waals surface area contributed by atoms with E-state index >= 15 is 0 Å². The molecule has 162 valence electrons. The Hall–Kier alpha value is -1.71. The van der Waals surface area contributed by atoms with Crippen LogP contribution in [-0.4, -0.2) is 43.3 Å². The number of ether oxygens (including phenoxy) is 2. The molecule has 1 aliphatic rings. The van der Waals surface area contributed by atoms with Crippen molar-refractivity contribution in [1.29, 1.82) is 0 Å². The van der Waals surface area contributed by atoms with Crippen molar-refractivity contribution in [3.05, 3.63) is 42.0 Å². The van der Waals surface area contributed by atoms with Gasteiger partial charge in [-0.05, 0) is 52.1 Å². The Kier molecular flexibility index (Phi) is 6.46. The normalized spacial score (nSPS) is 20.0. The molecular formula is C23H28INO5. The molecule has 2 aromatic carbocycles. The van der Waals surface area contributed by atoms with E-state index in [0.29, 0.717) is 34.9 Å². The summed E-state index contributed by atoms with van der Waals surface area (Å²) in [5.74, 6) is -0.336. The maximum absolute atomic E-state index is 13.1. The van der Waals surface area contributed by atoms with Crippen LogP contribution in [-0.2, 0) is 9.53 Å². The summed E-state index contributed by atoms with van der Waals surface area (Å²) in [7, 11) is 0. The number of esters is 2. The van der Waals surface area contributed by atoms with Crippen LogP contribution in [0.2, 0.25) is 0 Å². The second-order valence-corrected chi connectivity index (χ2v) is 10.9. The molecule has 0 saturated carbocycles. The lowest BCUT2D eigenvalue weighted by Gasteiger charge is -2.50. The molecule has 1 N–H and O–H groups in total. The van der Waals surface area contributed by atoms with Gasteiger partial charge in [0.15, 0.2) is 0 Å². The fourth-order valence-corrected chi connectivity index (χ4v) is 4.33. The molecule has 3 rings (SSSR count). The second-order valence-electron chi connectivity index (χ2n) is 9.07. The van der Waals surface area contributed by atoms with E-state index in [0.717, 1.165) is 0 Å². The maximum atomic E-state index is 13.1. The molecule has 0 radical (unpaired) electrons. The quantitative estimate of drug-likeness (QED) is 0.258. The van der Waals surface area contributed by atoms with Gasteiger partial charge < -0.3 is 14.7 Å². The highest BCUT2D eigenvalue weighted by molar-refractivity contribution is 14.1. The predicted molar refractivity (Wildman–Crippen MR) is 123 cm³/mol. The first-order chi connectivity index (χ1) is 13.9. The topological polar surface area (TPSA) is 76.1 Å². The van der Waals surface area contributed by atoms with Crippen LogP contribution >= 0.6 is 22.6 Å². The molecule has 7 heteroatoms. The number of fused-ring (bicyclic) bond motifs is 1. The van der Waals surface area contributed by atoms with Crippen LogP contribution in [0.3, 0.4) is 0 Å². The van der Waals surface area contributed by atoms with Crippen molar-refractivity contribution in [1.82, 2.24) is 5.06 Å². The molecule has 1 unspecified atom stereocenters. The summed E-state index contributed by atoms with van der Waals surface area (Å²) in [6.45, 7) is 9.49. The van der Waals surface area contributed by atoms with E-state index in [2.05, 4.69) is 0 Å². The maximum Gasteiger partial charge on any atom is 0.339 e. The summed E-state index contributed by atoms with van der Waals surface area (Å²) in [5.41, 5.74) is -0.596. The Morgan fingerprint density at radius 3 is 2.20 bits per heavy atom. The van der Waals surface area contributed by atoms with E-state index in [-0.39, 0.29) is 16.0 Å². The van der Waals surface area contributed by atoms with Crippen molar-refractivity contribution >= 4 is 45.3 Å². The third-order valence-electron chi connectivity index (χ3n) is 5.51. The number of benzene rings is 2. The van der Waals surface area contributed by atoms with E-state index in [1.807, 2.05) is 74.6 Å². The number of hydroxylamine groups is 2. The van der Waals surface area contributed by atoms with Gasteiger partial charge in [0.25, 0.3) is 0 Å². The van der Waals surface area contributed by atoms with Gasteiger partial charge in [-0.1, -0.05) is 46.9 Å².